The highest BCUT2D eigenvalue weighted by atomic mass is 79.9. The first-order chi connectivity index (χ1) is 11.5. The molecule has 0 bridgehead atoms. The average molecular weight is 417 g/mol. The summed E-state index contributed by atoms with van der Waals surface area (Å²) >= 11 is 4.84. The number of anilines is 1. The van der Waals surface area contributed by atoms with Crippen molar-refractivity contribution in [3.8, 4) is 17.2 Å². The van der Waals surface area contributed by atoms with E-state index >= 15 is 0 Å². The Morgan fingerprint density at radius 3 is 2.58 bits per heavy atom. The lowest BCUT2D eigenvalue weighted by molar-refractivity contribution is 0.102. The molecule has 10 heteroatoms. The monoisotopic (exact) mass is 416 g/mol. The molecule has 0 aliphatic rings. The Hall–Kier alpha value is -1.94. The Kier molecular flexibility index (Phi) is 6.32. The van der Waals surface area contributed by atoms with Gasteiger partial charge in [0.25, 0.3) is 5.91 Å². The SMILES string of the molecule is CCSc1n[nH]c(NC(=O)c2cc(OC)c(OC)c(OC)c2Br)n1. The number of methoxy groups -OCH3 is 3. The Balaban J connectivity index is 2.34. The van der Waals surface area contributed by atoms with E-state index in [0.717, 1.165) is 5.75 Å². The number of ether oxygens (including phenoxy) is 3. The van der Waals surface area contributed by atoms with Gasteiger partial charge in [0.05, 0.1) is 31.4 Å². The summed E-state index contributed by atoms with van der Waals surface area (Å²) in [5.41, 5.74) is 0.311. The Morgan fingerprint density at radius 2 is 2.00 bits per heavy atom. The lowest BCUT2D eigenvalue weighted by atomic mass is 10.1. The van der Waals surface area contributed by atoms with E-state index in [1.807, 2.05) is 6.92 Å². The van der Waals surface area contributed by atoms with Gasteiger partial charge in [0, 0.05) is 0 Å². The molecule has 24 heavy (non-hydrogen) atoms. The van der Waals surface area contributed by atoms with Crippen molar-refractivity contribution in [1.29, 1.82) is 0 Å². The molecule has 1 aromatic heterocycles. The summed E-state index contributed by atoms with van der Waals surface area (Å²) in [4.78, 5) is 16.7. The van der Waals surface area contributed by atoms with E-state index in [2.05, 4.69) is 36.4 Å². The molecule has 2 N–H and O–H groups in total. The zero-order chi connectivity index (χ0) is 17.7. The van der Waals surface area contributed by atoms with Crippen LogP contribution in [0.15, 0.2) is 15.7 Å². The van der Waals surface area contributed by atoms with Crippen LogP contribution in [0, 0.1) is 0 Å². The van der Waals surface area contributed by atoms with Gasteiger partial charge in [-0.25, -0.2) is 5.10 Å². The van der Waals surface area contributed by atoms with Crippen molar-refractivity contribution in [1.82, 2.24) is 15.2 Å². The molecule has 1 aromatic carbocycles. The molecular formula is C14H17BrN4O4S. The molecular weight excluding hydrogens is 400 g/mol. The number of aromatic amines is 1. The highest BCUT2D eigenvalue weighted by Crippen LogP contribution is 2.44. The summed E-state index contributed by atoms with van der Waals surface area (Å²) in [6, 6.07) is 1.55. The zero-order valence-electron chi connectivity index (χ0n) is 13.6. The fraction of sp³-hybridized carbons (Fsp3) is 0.357. The van der Waals surface area contributed by atoms with Crippen molar-refractivity contribution in [2.75, 3.05) is 32.4 Å². The van der Waals surface area contributed by atoms with Crippen LogP contribution >= 0.6 is 27.7 Å². The summed E-state index contributed by atoms with van der Waals surface area (Å²) in [6.07, 6.45) is 0. The van der Waals surface area contributed by atoms with E-state index in [0.29, 0.717) is 32.4 Å². The van der Waals surface area contributed by atoms with E-state index in [1.54, 1.807) is 6.07 Å². The maximum Gasteiger partial charge on any atom is 0.259 e. The second kappa shape index (κ2) is 8.25. The minimum absolute atomic E-state index is 0.261. The molecule has 2 aromatic rings. The van der Waals surface area contributed by atoms with Crippen molar-refractivity contribution in [3.63, 3.8) is 0 Å². The Bertz CT molecular complexity index is 738. The number of hydrogen-bond donors (Lipinski definition) is 2. The summed E-state index contributed by atoms with van der Waals surface area (Å²) in [5, 5.41) is 9.90. The van der Waals surface area contributed by atoms with E-state index in [4.69, 9.17) is 14.2 Å². The van der Waals surface area contributed by atoms with Gasteiger partial charge in [-0.15, -0.1) is 5.10 Å². The topological polar surface area (TPSA) is 98.4 Å². The Labute approximate surface area is 151 Å². The fourth-order valence-corrected chi connectivity index (χ4v) is 3.12. The molecule has 0 aliphatic carbocycles. The summed E-state index contributed by atoms with van der Waals surface area (Å²) < 4.78 is 16.3. The second-order valence-corrected chi connectivity index (χ2v) is 6.38. The highest BCUT2D eigenvalue weighted by Gasteiger charge is 2.23. The van der Waals surface area contributed by atoms with Crippen LogP contribution in [0.25, 0.3) is 0 Å². The number of hydrogen-bond acceptors (Lipinski definition) is 7. The van der Waals surface area contributed by atoms with Crippen molar-refractivity contribution in [2.45, 2.75) is 12.1 Å². The largest absolute Gasteiger partial charge is 0.493 e. The minimum atomic E-state index is -0.398. The number of nitrogens with one attached hydrogen (secondary N) is 2. The van der Waals surface area contributed by atoms with Crippen LogP contribution < -0.4 is 19.5 Å². The number of H-pyrrole nitrogens is 1. The molecule has 0 atom stereocenters. The molecule has 0 spiro atoms. The van der Waals surface area contributed by atoms with Crippen LogP contribution in [-0.4, -0.2) is 48.2 Å². The molecule has 0 unspecified atom stereocenters. The van der Waals surface area contributed by atoms with Gasteiger partial charge in [0.15, 0.2) is 11.5 Å². The van der Waals surface area contributed by atoms with Gasteiger partial charge in [-0.3, -0.25) is 10.1 Å². The summed E-state index contributed by atoms with van der Waals surface area (Å²) in [5.74, 6) is 1.83. The van der Waals surface area contributed by atoms with Crippen LogP contribution in [0.1, 0.15) is 17.3 Å². The average Bonchev–Trinajstić information content (AvgIpc) is 3.01. The molecule has 0 saturated heterocycles. The lowest BCUT2D eigenvalue weighted by Gasteiger charge is -2.16. The van der Waals surface area contributed by atoms with E-state index < -0.39 is 5.91 Å². The highest BCUT2D eigenvalue weighted by molar-refractivity contribution is 9.10. The Morgan fingerprint density at radius 1 is 1.29 bits per heavy atom. The molecule has 1 heterocycles. The number of halogens is 1. The minimum Gasteiger partial charge on any atom is -0.493 e. The van der Waals surface area contributed by atoms with Gasteiger partial charge in [0.2, 0.25) is 16.9 Å². The van der Waals surface area contributed by atoms with Gasteiger partial charge in [-0.2, -0.15) is 4.98 Å². The molecule has 130 valence electrons. The first kappa shape index (κ1) is 18.4. The third-order valence-corrected chi connectivity index (χ3v) is 4.50. The molecule has 0 radical (unpaired) electrons. The molecule has 0 aliphatic heterocycles. The van der Waals surface area contributed by atoms with E-state index in [1.165, 1.54) is 33.1 Å². The maximum atomic E-state index is 12.6. The number of thioether (sulfide) groups is 1. The maximum absolute atomic E-state index is 12.6. The standard InChI is InChI=1S/C14H17BrN4O4S/c1-5-24-14-17-13(18-19-14)16-12(20)7-6-8(21-2)10(22-3)11(23-4)9(7)15/h6H,5H2,1-4H3,(H2,16,17,18,19,20). The quantitative estimate of drug-likeness (QED) is 0.669. The third kappa shape index (κ3) is 3.75. The molecule has 1 amide bonds. The van der Waals surface area contributed by atoms with Gasteiger partial charge < -0.3 is 14.2 Å². The fourth-order valence-electron chi connectivity index (χ4n) is 1.96. The van der Waals surface area contributed by atoms with Crippen LogP contribution in [0.5, 0.6) is 17.2 Å². The number of carbonyl (C=O) groups is 1. The number of amides is 1. The lowest BCUT2D eigenvalue weighted by Crippen LogP contribution is -2.14. The van der Waals surface area contributed by atoms with Gasteiger partial charge in [-0.05, 0) is 27.7 Å². The van der Waals surface area contributed by atoms with Gasteiger partial charge in [-0.1, -0.05) is 18.7 Å². The van der Waals surface area contributed by atoms with Crippen molar-refractivity contribution in [3.05, 3.63) is 16.1 Å². The normalized spacial score (nSPS) is 10.4. The number of rotatable bonds is 7. The van der Waals surface area contributed by atoms with Gasteiger partial charge >= 0.3 is 0 Å². The predicted octanol–water partition coefficient (Wildman–Crippen LogP) is 2.96. The third-order valence-electron chi connectivity index (χ3n) is 2.98. The number of benzene rings is 1. The molecule has 0 saturated carbocycles. The van der Waals surface area contributed by atoms with E-state index in [9.17, 15) is 4.79 Å². The van der Waals surface area contributed by atoms with Crippen LogP contribution in [0.3, 0.4) is 0 Å². The van der Waals surface area contributed by atoms with Crippen molar-refractivity contribution in [2.24, 2.45) is 0 Å². The molecule has 2 rings (SSSR count). The smallest absolute Gasteiger partial charge is 0.259 e. The van der Waals surface area contributed by atoms with Crippen LogP contribution in [0.2, 0.25) is 0 Å². The van der Waals surface area contributed by atoms with Gasteiger partial charge in [0.1, 0.15) is 0 Å². The number of aromatic nitrogens is 3. The van der Waals surface area contributed by atoms with Crippen molar-refractivity contribution < 1.29 is 19.0 Å². The first-order valence-corrected chi connectivity index (χ1v) is 8.68. The molecule has 0 fully saturated rings. The summed E-state index contributed by atoms with van der Waals surface area (Å²) in [7, 11) is 4.46. The van der Waals surface area contributed by atoms with E-state index in [-0.39, 0.29) is 5.95 Å². The summed E-state index contributed by atoms with van der Waals surface area (Å²) in [6.45, 7) is 1.99. The molecule has 8 nitrogen and oxygen atoms in total. The predicted molar refractivity (Wildman–Crippen MR) is 94.5 cm³/mol. The second-order valence-electron chi connectivity index (χ2n) is 4.36. The van der Waals surface area contributed by atoms with Crippen molar-refractivity contribution >= 4 is 39.5 Å². The zero-order valence-corrected chi connectivity index (χ0v) is 16.0. The van der Waals surface area contributed by atoms with Crippen LogP contribution in [-0.2, 0) is 0 Å². The number of carbonyl (C=O) groups excluding carboxylic acids is 1. The number of nitrogens with zero attached hydrogens (tertiary/aromatic N) is 2. The first-order valence-electron chi connectivity index (χ1n) is 6.90. The van der Waals surface area contributed by atoms with Crippen LogP contribution in [0.4, 0.5) is 5.95 Å².